The number of rotatable bonds is 4. The molecule has 0 unspecified atom stereocenters. The molecule has 0 heterocycles. The topological polar surface area (TPSA) is 51.5 Å². The molecule has 0 fully saturated rings. The Hall–Kier alpha value is -2.74. The van der Waals surface area contributed by atoms with E-state index in [9.17, 15) is 4.39 Å². The molecule has 102 valence electrons. The van der Waals surface area contributed by atoms with Gasteiger partial charge in [-0.15, -0.1) is 0 Å². The van der Waals surface area contributed by atoms with Crippen LogP contribution in [0.25, 0.3) is 0 Å². The van der Waals surface area contributed by atoms with Crippen LogP contribution in [0.15, 0.2) is 36.4 Å². The van der Waals surface area contributed by atoms with E-state index in [0.29, 0.717) is 11.5 Å². The van der Waals surface area contributed by atoms with Crippen molar-refractivity contribution in [1.82, 2.24) is 0 Å². The van der Waals surface area contributed by atoms with Crippen LogP contribution in [0, 0.1) is 17.1 Å². The number of hydrogen-bond donors (Lipinski definition) is 0. The molecule has 0 bridgehead atoms. The van der Waals surface area contributed by atoms with E-state index in [1.54, 1.807) is 18.2 Å². The van der Waals surface area contributed by atoms with Crippen molar-refractivity contribution in [2.45, 2.75) is 0 Å². The first kappa shape index (κ1) is 13.7. The zero-order chi connectivity index (χ0) is 14.5. The van der Waals surface area contributed by atoms with Crippen molar-refractivity contribution in [3.63, 3.8) is 0 Å². The van der Waals surface area contributed by atoms with E-state index in [0.717, 1.165) is 6.07 Å². The summed E-state index contributed by atoms with van der Waals surface area (Å²) in [7, 11) is 2.97. The summed E-state index contributed by atoms with van der Waals surface area (Å²) in [5, 5.41) is 8.71. The van der Waals surface area contributed by atoms with E-state index in [1.807, 2.05) is 6.07 Å². The monoisotopic (exact) mass is 273 g/mol. The van der Waals surface area contributed by atoms with Crippen molar-refractivity contribution in [3.8, 4) is 29.1 Å². The lowest BCUT2D eigenvalue weighted by Crippen LogP contribution is -1.96. The molecule has 0 aliphatic carbocycles. The van der Waals surface area contributed by atoms with Gasteiger partial charge in [-0.3, -0.25) is 0 Å². The zero-order valence-electron chi connectivity index (χ0n) is 11.0. The second-order valence-corrected chi connectivity index (χ2v) is 3.85. The molecule has 2 aromatic carbocycles. The van der Waals surface area contributed by atoms with Crippen molar-refractivity contribution in [2.75, 3.05) is 14.2 Å². The summed E-state index contributed by atoms with van der Waals surface area (Å²) in [6.07, 6.45) is 0. The van der Waals surface area contributed by atoms with Gasteiger partial charge in [0.25, 0.3) is 0 Å². The van der Waals surface area contributed by atoms with E-state index < -0.39 is 5.82 Å². The maximum absolute atomic E-state index is 13.8. The Balaban J connectivity index is 2.42. The molecule has 2 aromatic rings. The van der Waals surface area contributed by atoms with Crippen molar-refractivity contribution in [3.05, 3.63) is 47.8 Å². The van der Waals surface area contributed by atoms with Crippen molar-refractivity contribution >= 4 is 0 Å². The highest BCUT2D eigenvalue weighted by molar-refractivity contribution is 5.53. The molecule has 0 aliphatic rings. The number of halogens is 1. The standard InChI is InChI=1S/C15H12FNO3/c1-18-13-4-3-5-14(19-2)15(13)20-12-7-6-10(9-17)8-11(12)16/h3-8H,1-2H3. The second-order valence-electron chi connectivity index (χ2n) is 3.85. The summed E-state index contributed by atoms with van der Waals surface area (Å²) in [5.74, 6) is 0.492. The average Bonchev–Trinajstić information content (AvgIpc) is 2.49. The number of para-hydroxylation sites is 1. The first-order valence-electron chi connectivity index (χ1n) is 5.78. The number of ether oxygens (including phenoxy) is 3. The highest BCUT2D eigenvalue weighted by Crippen LogP contribution is 2.40. The quantitative estimate of drug-likeness (QED) is 0.855. The minimum Gasteiger partial charge on any atom is -0.493 e. The van der Waals surface area contributed by atoms with Gasteiger partial charge in [-0.05, 0) is 30.3 Å². The molecule has 0 atom stereocenters. The molecular formula is C15H12FNO3. The molecule has 2 rings (SSSR count). The molecule has 5 heteroatoms. The van der Waals surface area contributed by atoms with Crippen LogP contribution in [0.4, 0.5) is 4.39 Å². The Labute approximate surface area is 115 Å². The Bertz CT molecular complexity index is 642. The van der Waals surface area contributed by atoms with Crippen LogP contribution in [0.1, 0.15) is 5.56 Å². The molecule has 0 aliphatic heterocycles. The first-order valence-corrected chi connectivity index (χ1v) is 5.78. The third-order valence-electron chi connectivity index (χ3n) is 2.66. The van der Waals surface area contributed by atoms with Gasteiger partial charge in [0.1, 0.15) is 0 Å². The smallest absolute Gasteiger partial charge is 0.211 e. The Kier molecular flexibility index (Phi) is 4.06. The summed E-state index contributed by atoms with van der Waals surface area (Å²) < 4.78 is 29.7. The fraction of sp³-hybridized carbons (Fsp3) is 0.133. The van der Waals surface area contributed by atoms with Gasteiger partial charge in [-0.1, -0.05) is 6.07 Å². The van der Waals surface area contributed by atoms with Crippen molar-refractivity contribution < 1.29 is 18.6 Å². The van der Waals surface area contributed by atoms with Gasteiger partial charge < -0.3 is 14.2 Å². The van der Waals surface area contributed by atoms with Gasteiger partial charge in [0.05, 0.1) is 25.9 Å². The molecule has 0 amide bonds. The molecule has 0 aromatic heterocycles. The number of hydrogen-bond acceptors (Lipinski definition) is 4. The Morgan fingerprint density at radius 2 is 1.65 bits per heavy atom. The first-order chi connectivity index (χ1) is 9.69. The highest BCUT2D eigenvalue weighted by Gasteiger charge is 2.14. The Morgan fingerprint density at radius 3 is 2.15 bits per heavy atom. The van der Waals surface area contributed by atoms with Gasteiger partial charge in [0.15, 0.2) is 23.1 Å². The van der Waals surface area contributed by atoms with E-state index >= 15 is 0 Å². The molecule has 0 spiro atoms. The fourth-order valence-electron chi connectivity index (χ4n) is 1.68. The molecular weight excluding hydrogens is 261 g/mol. The van der Waals surface area contributed by atoms with Crippen LogP contribution >= 0.6 is 0 Å². The minimum atomic E-state index is -0.628. The lowest BCUT2D eigenvalue weighted by Gasteiger charge is -2.14. The van der Waals surface area contributed by atoms with Gasteiger partial charge in [-0.2, -0.15) is 5.26 Å². The number of nitrogens with zero attached hydrogens (tertiary/aromatic N) is 1. The molecule has 0 N–H and O–H groups in total. The van der Waals surface area contributed by atoms with Crippen LogP contribution < -0.4 is 14.2 Å². The minimum absolute atomic E-state index is 0.00759. The summed E-state index contributed by atoms with van der Waals surface area (Å²) in [6, 6.07) is 10.9. The van der Waals surface area contributed by atoms with Crippen LogP contribution in [0.5, 0.6) is 23.0 Å². The van der Waals surface area contributed by atoms with Crippen LogP contribution in [0.2, 0.25) is 0 Å². The molecule has 0 radical (unpaired) electrons. The maximum Gasteiger partial charge on any atom is 0.211 e. The molecule has 0 saturated heterocycles. The summed E-state index contributed by atoms with van der Waals surface area (Å²) >= 11 is 0. The highest BCUT2D eigenvalue weighted by atomic mass is 19.1. The zero-order valence-corrected chi connectivity index (χ0v) is 11.0. The van der Waals surface area contributed by atoms with Gasteiger partial charge >= 0.3 is 0 Å². The van der Waals surface area contributed by atoms with E-state index in [4.69, 9.17) is 19.5 Å². The van der Waals surface area contributed by atoms with Crippen molar-refractivity contribution in [1.29, 1.82) is 5.26 Å². The predicted molar refractivity (Wildman–Crippen MR) is 70.7 cm³/mol. The average molecular weight is 273 g/mol. The normalized spacial score (nSPS) is 9.70. The van der Waals surface area contributed by atoms with Gasteiger partial charge in [-0.25, -0.2) is 4.39 Å². The predicted octanol–water partition coefficient (Wildman–Crippen LogP) is 3.51. The van der Waals surface area contributed by atoms with Gasteiger partial charge in [0, 0.05) is 0 Å². The maximum atomic E-state index is 13.8. The summed E-state index contributed by atoms with van der Waals surface area (Å²) in [5.41, 5.74) is 0.224. The number of nitriles is 1. The number of benzene rings is 2. The van der Waals surface area contributed by atoms with Gasteiger partial charge in [0.2, 0.25) is 5.75 Å². The van der Waals surface area contributed by atoms with Crippen LogP contribution in [0.3, 0.4) is 0 Å². The van der Waals surface area contributed by atoms with E-state index in [-0.39, 0.29) is 17.1 Å². The molecule has 4 nitrogen and oxygen atoms in total. The third kappa shape index (κ3) is 2.64. The van der Waals surface area contributed by atoms with Crippen molar-refractivity contribution in [2.24, 2.45) is 0 Å². The summed E-state index contributed by atoms with van der Waals surface area (Å²) in [4.78, 5) is 0. The number of methoxy groups -OCH3 is 2. The lowest BCUT2D eigenvalue weighted by atomic mass is 10.2. The molecule has 0 saturated carbocycles. The van der Waals surface area contributed by atoms with E-state index in [1.165, 1.54) is 26.4 Å². The SMILES string of the molecule is COc1cccc(OC)c1Oc1ccc(C#N)cc1F. The largest absolute Gasteiger partial charge is 0.493 e. The third-order valence-corrected chi connectivity index (χ3v) is 2.66. The second kappa shape index (κ2) is 5.93. The fourth-order valence-corrected chi connectivity index (χ4v) is 1.68. The molecule has 20 heavy (non-hydrogen) atoms. The van der Waals surface area contributed by atoms with Crippen LogP contribution in [-0.4, -0.2) is 14.2 Å². The lowest BCUT2D eigenvalue weighted by molar-refractivity contribution is 0.340. The Morgan fingerprint density at radius 1 is 1.00 bits per heavy atom. The van der Waals surface area contributed by atoms with E-state index in [2.05, 4.69) is 0 Å². The summed E-state index contributed by atoms with van der Waals surface area (Å²) in [6.45, 7) is 0. The van der Waals surface area contributed by atoms with Crippen LogP contribution in [-0.2, 0) is 0 Å².